The largest absolute Gasteiger partial charge is 0.497 e. The summed E-state index contributed by atoms with van der Waals surface area (Å²) in [7, 11) is 1.61. The zero-order chi connectivity index (χ0) is 23.8. The Hall–Kier alpha value is -2.97. The summed E-state index contributed by atoms with van der Waals surface area (Å²) < 4.78 is 22.1. The molecule has 0 aromatic heterocycles. The molecule has 2 aromatic rings. The molecule has 2 atom stereocenters. The van der Waals surface area contributed by atoms with Gasteiger partial charge in [-0.15, -0.1) is 0 Å². The summed E-state index contributed by atoms with van der Waals surface area (Å²) in [5, 5.41) is 14.3. The average molecular weight is 471 g/mol. The summed E-state index contributed by atoms with van der Waals surface area (Å²) in [6.45, 7) is 3.77. The Morgan fingerprint density at radius 3 is 2.47 bits per heavy atom. The summed E-state index contributed by atoms with van der Waals surface area (Å²) in [4.78, 5) is 15.1. The number of hydrogen-bond acceptors (Lipinski definition) is 7. The van der Waals surface area contributed by atoms with Crippen molar-refractivity contribution in [3.05, 3.63) is 48.0 Å². The first-order valence-electron chi connectivity index (χ1n) is 12.0. The van der Waals surface area contributed by atoms with Crippen LogP contribution in [0.25, 0.3) is 0 Å². The van der Waals surface area contributed by atoms with E-state index in [2.05, 4.69) is 10.2 Å². The molecule has 1 unspecified atom stereocenters. The van der Waals surface area contributed by atoms with E-state index >= 15 is 0 Å². The molecule has 1 amide bonds. The maximum Gasteiger partial charge on any atom is 0.223 e. The van der Waals surface area contributed by atoms with E-state index in [0.29, 0.717) is 42.6 Å². The minimum absolute atomic E-state index is 0.160. The molecule has 2 N–H and O–H groups in total. The van der Waals surface area contributed by atoms with E-state index in [1.165, 1.54) is 6.42 Å². The van der Waals surface area contributed by atoms with Crippen LogP contribution in [-0.4, -0.2) is 68.5 Å². The van der Waals surface area contributed by atoms with Crippen molar-refractivity contribution in [3.8, 4) is 23.0 Å². The number of fused-ring (bicyclic) bond motifs is 1. The highest BCUT2D eigenvalue weighted by molar-refractivity contribution is 5.76. The van der Waals surface area contributed by atoms with E-state index in [9.17, 15) is 9.90 Å². The van der Waals surface area contributed by atoms with Crippen LogP contribution in [0.3, 0.4) is 0 Å². The third-order valence-corrected chi connectivity index (χ3v) is 6.20. The maximum absolute atomic E-state index is 12.8. The van der Waals surface area contributed by atoms with Crippen molar-refractivity contribution in [3.63, 3.8) is 0 Å². The van der Waals surface area contributed by atoms with Gasteiger partial charge >= 0.3 is 0 Å². The molecule has 1 fully saturated rings. The number of aliphatic hydroxyl groups excluding tert-OH is 1. The Morgan fingerprint density at radius 2 is 1.74 bits per heavy atom. The first kappa shape index (κ1) is 24.2. The fraction of sp³-hybridized carbons (Fsp3) is 0.500. The number of nitrogens with one attached hydrogen (secondary N) is 1. The topological polar surface area (TPSA) is 89.5 Å². The number of benzene rings is 2. The van der Waals surface area contributed by atoms with Crippen LogP contribution in [0, 0.1) is 0 Å². The minimum Gasteiger partial charge on any atom is -0.497 e. The van der Waals surface area contributed by atoms with Gasteiger partial charge in [0.25, 0.3) is 0 Å². The zero-order valence-corrected chi connectivity index (χ0v) is 19.7. The van der Waals surface area contributed by atoms with Crippen molar-refractivity contribution >= 4 is 5.91 Å². The first-order valence-corrected chi connectivity index (χ1v) is 12.0. The lowest BCUT2D eigenvalue weighted by atomic mass is 9.99. The molecule has 0 spiro atoms. The van der Waals surface area contributed by atoms with Gasteiger partial charge in [0.1, 0.15) is 30.8 Å². The Bertz CT molecular complexity index is 929. The molecule has 8 heteroatoms. The van der Waals surface area contributed by atoms with Crippen LogP contribution in [0.5, 0.6) is 23.0 Å². The Labute approximate surface area is 200 Å². The van der Waals surface area contributed by atoms with Gasteiger partial charge in [-0.05, 0) is 67.9 Å². The third-order valence-electron chi connectivity index (χ3n) is 6.20. The van der Waals surface area contributed by atoms with E-state index in [0.717, 1.165) is 31.7 Å². The van der Waals surface area contributed by atoms with Crippen LogP contribution in [0.4, 0.5) is 0 Å². The number of piperidine rings is 1. The maximum atomic E-state index is 12.8. The fourth-order valence-electron chi connectivity index (χ4n) is 4.33. The second-order valence-electron chi connectivity index (χ2n) is 8.66. The molecule has 2 aromatic carbocycles. The number of likely N-dealkylation sites (tertiary alicyclic amines) is 1. The molecule has 2 aliphatic rings. The van der Waals surface area contributed by atoms with Crippen LogP contribution in [0.15, 0.2) is 42.5 Å². The fourth-order valence-corrected chi connectivity index (χ4v) is 4.33. The Kier molecular flexibility index (Phi) is 8.49. The van der Waals surface area contributed by atoms with E-state index in [-0.39, 0.29) is 18.9 Å². The number of amides is 1. The van der Waals surface area contributed by atoms with Gasteiger partial charge in [-0.3, -0.25) is 4.79 Å². The zero-order valence-electron chi connectivity index (χ0n) is 19.7. The summed E-state index contributed by atoms with van der Waals surface area (Å²) in [5.41, 5.74) is 0.695. The number of methoxy groups -OCH3 is 1. The second kappa shape index (κ2) is 11.9. The Balaban J connectivity index is 1.37. The van der Waals surface area contributed by atoms with E-state index in [4.69, 9.17) is 18.9 Å². The number of ether oxygens (including phenoxy) is 4. The molecule has 0 bridgehead atoms. The van der Waals surface area contributed by atoms with Crippen LogP contribution >= 0.6 is 0 Å². The quantitative estimate of drug-likeness (QED) is 0.552. The smallest absolute Gasteiger partial charge is 0.223 e. The van der Waals surface area contributed by atoms with Crippen molar-refractivity contribution < 1.29 is 28.8 Å². The second-order valence-corrected chi connectivity index (χ2v) is 8.66. The molecule has 8 nitrogen and oxygen atoms in total. The highest BCUT2D eigenvalue weighted by Gasteiger charge is 2.27. The van der Waals surface area contributed by atoms with E-state index < -0.39 is 12.1 Å². The van der Waals surface area contributed by atoms with Crippen molar-refractivity contribution in [2.75, 3.05) is 46.6 Å². The summed E-state index contributed by atoms with van der Waals surface area (Å²) in [6, 6.07) is 12.2. The summed E-state index contributed by atoms with van der Waals surface area (Å²) in [6.07, 6.45) is 2.81. The molecule has 184 valence electrons. The number of hydrogen-bond donors (Lipinski definition) is 2. The van der Waals surface area contributed by atoms with Crippen LogP contribution in [0.2, 0.25) is 0 Å². The summed E-state index contributed by atoms with van der Waals surface area (Å²) in [5.74, 6) is 2.56. The standard InChI is InChI=1S/C26H34N2O6/c1-31-20-6-8-21(9-7-20)32-14-11-25(29)27-22(18-28-12-3-2-4-13-28)26(30)19-5-10-23-24(17-19)34-16-15-33-23/h5-10,17,22,26,30H,2-4,11-16,18H2,1H3,(H,27,29)/t22-,26?/m1/s1. The van der Waals surface area contributed by atoms with Crippen molar-refractivity contribution in [2.45, 2.75) is 37.8 Å². The normalized spacial score (nSPS) is 17.5. The SMILES string of the molecule is COc1ccc(OCCC(=O)N[C@H](CN2CCCCC2)C(O)c2ccc3c(c2)OCCO3)cc1. The van der Waals surface area contributed by atoms with Crippen molar-refractivity contribution in [2.24, 2.45) is 0 Å². The molecule has 0 aliphatic carbocycles. The Morgan fingerprint density at radius 1 is 1.03 bits per heavy atom. The van der Waals surface area contributed by atoms with Crippen LogP contribution < -0.4 is 24.3 Å². The number of nitrogens with zero attached hydrogens (tertiary/aromatic N) is 1. The number of rotatable bonds is 10. The van der Waals surface area contributed by atoms with Gasteiger partial charge in [0, 0.05) is 6.54 Å². The molecule has 2 heterocycles. The predicted octanol–water partition coefficient (Wildman–Crippen LogP) is 2.94. The van der Waals surface area contributed by atoms with Crippen LogP contribution in [-0.2, 0) is 4.79 Å². The van der Waals surface area contributed by atoms with Crippen molar-refractivity contribution in [1.29, 1.82) is 0 Å². The van der Waals surface area contributed by atoms with Gasteiger partial charge in [-0.25, -0.2) is 0 Å². The minimum atomic E-state index is -0.871. The predicted molar refractivity (Wildman–Crippen MR) is 128 cm³/mol. The highest BCUT2D eigenvalue weighted by atomic mass is 16.6. The third kappa shape index (κ3) is 6.55. The molecule has 1 saturated heterocycles. The van der Waals surface area contributed by atoms with E-state index in [1.807, 2.05) is 36.4 Å². The van der Waals surface area contributed by atoms with Gasteiger partial charge in [0.05, 0.1) is 26.2 Å². The molecular formula is C26H34N2O6. The van der Waals surface area contributed by atoms with E-state index in [1.54, 1.807) is 13.2 Å². The lowest BCUT2D eigenvalue weighted by Crippen LogP contribution is -2.48. The lowest BCUT2D eigenvalue weighted by Gasteiger charge is -2.33. The number of aliphatic hydroxyl groups is 1. The van der Waals surface area contributed by atoms with Gasteiger partial charge in [-0.1, -0.05) is 12.5 Å². The van der Waals surface area contributed by atoms with Gasteiger partial charge in [0.15, 0.2) is 11.5 Å². The average Bonchev–Trinajstić information content (AvgIpc) is 2.88. The van der Waals surface area contributed by atoms with Crippen molar-refractivity contribution in [1.82, 2.24) is 10.2 Å². The highest BCUT2D eigenvalue weighted by Crippen LogP contribution is 2.33. The van der Waals surface area contributed by atoms with Gasteiger partial charge in [-0.2, -0.15) is 0 Å². The number of carbonyl (C=O) groups is 1. The first-order chi connectivity index (χ1) is 16.6. The lowest BCUT2D eigenvalue weighted by molar-refractivity contribution is -0.123. The van der Waals surface area contributed by atoms with Gasteiger partial charge in [0.2, 0.25) is 5.91 Å². The molecule has 0 radical (unpaired) electrons. The molecule has 0 saturated carbocycles. The summed E-state index contributed by atoms with van der Waals surface area (Å²) >= 11 is 0. The van der Waals surface area contributed by atoms with Gasteiger partial charge < -0.3 is 34.3 Å². The molecule has 34 heavy (non-hydrogen) atoms. The molecule has 4 rings (SSSR count). The van der Waals surface area contributed by atoms with Crippen LogP contribution in [0.1, 0.15) is 37.4 Å². The number of carbonyl (C=O) groups excluding carboxylic acids is 1. The molecule has 2 aliphatic heterocycles. The monoisotopic (exact) mass is 470 g/mol. The molecular weight excluding hydrogens is 436 g/mol.